The molecule has 0 atom stereocenters. The summed E-state index contributed by atoms with van der Waals surface area (Å²) in [6.07, 6.45) is 0.104. The predicted octanol–water partition coefficient (Wildman–Crippen LogP) is 1.93. The summed E-state index contributed by atoms with van der Waals surface area (Å²) >= 11 is 0. The van der Waals surface area contributed by atoms with Gasteiger partial charge in [-0.05, 0) is 13.8 Å². The molecule has 0 saturated heterocycles. The predicted molar refractivity (Wildman–Crippen MR) is 67.5 cm³/mol. The Hall–Kier alpha value is -2.23. The van der Waals surface area contributed by atoms with Crippen molar-refractivity contribution in [3.63, 3.8) is 0 Å². The van der Waals surface area contributed by atoms with Gasteiger partial charge in [-0.25, -0.2) is 0 Å². The van der Waals surface area contributed by atoms with Gasteiger partial charge in [0.15, 0.2) is 5.78 Å². The second-order valence-electron chi connectivity index (χ2n) is 5.37. The first-order valence-electron chi connectivity index (χ1n) is 6.06. The molecule has 0 fully saturated rings. The molecule has 19 heavy (non-hydrogen) atoms. The van der Waals surface area contributed by atoms with E-state index in [-0.39, 0.29) is 23.5 Å². The molecule has 1 heterocycles. The third-order valence-corrected chi connectivity index (χ3v) is 3.32. The van der Waals surface area contributed by atoms with Gasteiger partial charge in [0.25, 0.3) is 0 Å². The van der Waals surface area contributed by atoms with Crippen molar-refractivity contribution in [2.24, 2.45) is 0 Å². The van der Waals surface area contributed by atoms with E-state index in [4.69, 9.17) is 4.74 Å². The summed E-state index contributed by atoms with van der Waals surface area (Å²) < 4.78 is 5.78. The molecular formula is C15H12O4. The van der Waals surface area contributed by atoms with Crippen molar-refractivity contribution in [2.45, 2.75) is 25.9 Å². The number of hydrogen-bond acceptors (Lipinski definition) is 4. The minimum atomic E-state index is -0.755. The van der Waals surface area contributed by atoms with Gasteiger partial charge in [0, 0.05) is 11.1 Å². The first-order chi connectivity index (χ1) is 8.91. The number of allylic oxidation sites excluding steroid dienone is 1. The van der Waals surface area contributed by atoms with Gasteiger partial charge in [0.05, 0.1) is 6.42 Å². The summed E-state index contributed by atoms with van der Waals surface area (Å²) in [7, 11) is 0. The zero-order valence-corrected chi connectivity index (χ0v) is 10.6. The van der Waals surface area contributed by atoms with Crippen molar-refractivity contribution < 1.29 is 19.1 Å². The number of fused-ring (bicyclic) bond motifs is 2. The third kappa shape index (κ3) is 1.63. The third-order valence-electron chi connectivity index (χ3n) is 3.32. The number of carbonyl (C=O) groups excluding carboxylic acids is 3. The summed E-state index contributed by atoms with van der Waals surface area (Å²) in [6.45, 7) is 3.58. The minimum absolute atomic E-state index is 0.0944. The summed E-state index contributed by atoms with van der Waals surface area (Å²) in [5.41, 5.74) is 0.0759. The van der Waals surface area contributed by atoms with Crippen LogP contribution in [-0.4, -0.2) is 23.0 Å². The lowest BCUT2D eigenvalue weighted by atomic mass is 9.82. The summed E-state index contributed by atoms with van der Waals surface area (Å²) in [5, 5.41) is 0. The number of ether oxygens (including phenoxy) is 1. The summed E-state index contributed by atoms with van der Waals surface area (Å²) in [5.74, 6) is -1.46. The van der Waals surface area contributed by atoms with Crippen molar-refractivity contribution >= 4 is 23.1 Å². The molecule has 0 unspecified atom stereocenters. The van der Waals surface area contributed by atoms with Crippen LogP contribution in [0.25, 0.3) is 5.76 Å². The quantitative estimate of drug-likeness (QED) is 0.525. The van der Waals surface area contributed by atoms with E-state index in [9.17, 15) is 14.4 Å². The van der Waals surface area contributed by atoms with Crippen molar-refractivity contribution in [2.75, 3.05) is 0 Å². The number of carbonyl (C=O) groups is 3. The van der Waals surface area contributed by atoms with Crippen molar-refractivity contribution in [3.05, 3.63) is 41.0 Å². The van der Waals surface area contributed by atoms with Crippen LogP contribution >= 0.6 is 0 Å². The van der Waals surface area contributed by atoms with Crippen molar-refractivity contribution in [1.29, 1.82) is 0 Å². The van der Waals surface area contributed by atoms with E-state index in [0.29, 0.717) is 11.1 Å². The highest BCUT2D eigenvalue weighted by Gasteiger charge is 2.44. The number of benzene rings is 1. The molecule has 1 aromatic carbocycles. The molecule has 1 aliphatic carbocycles. The molecule has 2 aliphatic rings. The standard InChI is InChI=1S/C15H12O4/c1-15(2)7-10(16)11-13(18)12(17)8-5-3-4-6-9(8)14(11)19-15/h3-6H,7H2,1-2H3. The fourth-order valence-electron chi connectivity index (χ4n) is 2.50. The second-order valence-corrected chi connectivity index (χ2v) is 5.37. The SMILES string of the molecule is CC1(C)CC(=O)C2=C(O1)c1ccccc1C(=O)C2=O. The maximum absolute atomic E-state index is 12.1. The number of rotatable bonds is 0. The van der Waals surface area contributed by atoms with Crippen LogP contribution in [0.5, 0.6) is 0 Å². The molecule has 0 spiro atoms. The summed E-state index contributed by atoms with van der Waals surface area (Å²) in [4.78, 5) is 36.1. The largest absolute Gasteiger partial charge is 0.486 e. The second kappa shape index (κ2) is 3.63. The lowest BCUT2D eigenvalue weighted by Crippen LogP contribution is -2.39. The molecule has 0 saturated carbocycles. The van der Waals surface area contributed by atoms with Crippen LogP contribution in [-0.2, 0) is 14.3 Å². The first kappa shape index (κ1) is 11.8. The highest BCUT2D eigenvalue weighted by molar-refractivity contribution is 6.57. The maximum Gasteiger partial charge on any atom is 0.240 e. The average Bonchev–Trinajstić information content (AvgIpc) is 2.34. The Morgan fingerprint density at radius 2 is 1.63 bits per heavy atom. The molecule has 0 radical (unpaired) electrons. The fourth-order valence-corrected chi connectivity index (χ4v) is 2.50. The number of hydrogen-bond donors (Lipinski definition) is 0. The van der Waals surface area contributed by atoms with E-state index in [1.165, 1.54) is 0 Å². The van der Waals surface area contributed by atoms with Gasteiger partial charge in [-0.3, -0.25) is 14.4 Å². The van der Waals surface area contributed by atoms with Gasteiger partial charge in [0.1, 0.15) is 16.9 Å². The Morgan fingerprint density at radius 1 is 1.00 bits per heavy atom. The molecule has 3 rings (SSSR count). The molecule has 0 amide bonds. The van der Waals surface area contributed by atoms with Crippen LogP contribution in [0.4, 0.5) is 0 Å². The highest BCUT2D eigenvalue weighted by Crippen LogP contribution is 2.39. The van der Waals surface area contributed by atoms with E-state index in [0.717, 1.165) is 0 Å². The van der Waals surface area contributed by atoms with Crippen LogP contribution in [0.15, 0.2) is 29.8 Å². The van der Waals surface area contributed by atoms with Crippen LogP contribution in [0.2, 0.25) is 0 Å². The molecule has 0 N–H and O–H groups in total. The van der Waals surface area contributed by atoms with Gasteiger partial charge in [-0.2, -0.15) is 0 Å². The van der Waals surface area contributed by atoms with E-state index >= 15 is 0 Å². The van der Waals surface area contributed by atoms with Gasteiger partial charge >= 0.3 is 0 Å². The Labute approximate surface area is 110 Å². The van der Waals surface area contributed by atoms with Crippen molar-refractivity contribution in [3.8, 4) is 0 Å². The minimum Gasteiger partial charge on any atom is -0.486 e. The van der Waals surface area contributed by atoms with Crippen LogP contribution in [0.3, 0.4) is 0 Å². The lowest BCUT2D eigenvalue weighted by molar-refractivity contribution is -0.124. The molecule has 96 valence electrons. The van der Waals surface area contributed by atoms with Gasteiger partial charge in [-0.15, -0.1) is 0 Å². The van der Waals surface area contributed by atoms with E-state index in [1.54, 1.807) is 38.1 Å². The van der Waals surface area contributed by atoms with Crippen LogP contribution in [0, 0.1) is 0 Å². The molecule has 0 bridgehead atoms. The van der Waals surface area contributed by atoms with Crippen molar-refractivity contribution in [1.82, 2.24) is 0 Å². The van der Waals surface area contributed by atoms with Gasteiger partial charge in [0.2, 0.25) is 11.6 Å². The molecular weight excluding hydrogens is 244 g/mol. The average molecular weight is 256 g/mol. The monoisotopic (exact) mass is 256 g/mol. The Kier molecular flexibility index (Phi) is 2.26. The maximum atomic E-state index is 12.1. The van der Waals surface area contributed by atoms with Crippen LogP contribution < -0.4 is 0 Å². The fraction of sp³-hybridized carbons (Fsp3) is 0.267. The highest BCUT2D eigenvalue weighted by atomic mass is 16.5. The van der Waals surface area contributed by atoms with Gasteiger partial charge < -0.3 is 4.74 Å². The molecule has 4 heteroatoms. The van der Waals surface area contributed by atoms with E-state index < -0.39 is 17.2 Å². The molecule has 4 nitrogen and oxygen atoms in total. The van der Waals surface area contributed by atoms with E-state index in [1.807, 2.05) is 0 Å². The topological polar surface area (TPSA) is 60.4 Å². The lowest BCUT2D eigenvalue weighted by Gasteiger charge is -2.35. The summed E-state index contributed by atoms with van der Waals surface area (Å²) in [6, 6.07) is 6.71. The Morgan fingerprint density at radius 3 is 2.32 bits per heavy atom. The normalized spacial score (nSPS) is 20.8. The Balaban J connectivity index is 2.30. The zero-order chi connectivity index (χ0) is 13.8. The number of Topliss-reactive ketones (excluding diaryl/α,β-unsaturated/α-hetero) is 3. The number of ketones is 3. The smallest absolute Gasteiger partial charge is 0.240 e. The Bertz CT molecular complexity index is 664. The molecule has 1 aromatic rings. The first-order valence-corrected chi connectivity index (χ1v) is 6.06. The molecule has 1 aliphatic heterocycles. The van der Waals surface area contributed by atoms with Gasteiger partial charge in [-0.1, -0.05) is 24.3 Å². The van der Waals surface area contributed by atoms with E-state index in [2.05, 4.69) is 0 Å². The molecule has 0 aromatic heterocycles. The zero-order valence-electron chi connectivity index (χ0n) is 10.6. The van der Waals surface area contributed by atoms with Crippen LogP contribution in [0.1, 0.15) is 36.2 Å².